The fraction of sp³-hybridized carbons (Fsp3) is 0.0545. The highest BCUT2D eigenvalue weighted by Crippen LogP contribution is 2.54. The highest BCUT2D eigenvalue weighted by molar-refractivity contribution is 6.09. The first-order chi connectivity index (χ1) is 27.6. The van der Waals surface area contributed by atoms with Crippen LogP contribution in [-0.2, 0) is 5.41 Å². The van der Waals surface area contributed by atoms with Crippen molar-refractivity contribution >= 4 is 27.8 Å². The van der Waals surface area contributed by atoms with E-state index >= 15 is 0 Å². The van der Waals surface area contributed by atoms with Crippen LogP contribution in [0.25, 0.3) is 66.4 Å². The molecule has 1 heteroatoms. The van der Waals surface area contributed by atoms with Crippen molar-refractivity contribution in [2.75, 3.05) is 4.90 Å². The molecule has 0 fully saturated rings. The lowest BCUT2D eigenvalue weighted by Gasteiger charge is -2.31. The standard InChI is InChI=1S/C55H41N/c1-55(2)49-30-12-9-26-48(49)54-47(29-17-31-50(54)55)45-25-11-14-33-52(45)56(42-36-34-39(35-37-42)38-18-5-3-6-19-38)51-32-13-10-24-44(51)46-28-16-23-41-22-15-27-43(53(41)46)40-20-7-4-8-21-40/h3-37H,1-2H3. The van der Waals surface area contributed by atoms with Gasteiger partial charge in [0.1, 0.15) is 0 Å². The molecule has 1 aliphatic rings. The minimum Gasteiger partial charge on any atom is -0.309 e. The van der Waals surface area contributed by atoms with Gasteiger partial charge in [-0.1, -0.05) is 202 Å². The molecule has 0 bridgehead atoms. The second-order valence-electron chi connectivity index (χ2n) is 15.3. The van der Waals surface area contributed by atoms with Gasteiger partial charge in [0, 0.05) is 22.2 Å². The number of fused-ring (bicyclic) bond motifs is 4. The molecule has 0 saturated heterocycles. The second-order valence-corrected chi connectivity index (χ2v) is 15.3. The third-order valence-corrected chi connectivity index (χ3v) is 11.7. The van der Waals surface area contributed by atoms with E-state index in [4.69, 9.17) is 0 Å². The van der Waals surface area contributed by atoms with E-state index in [1.54, 1.807) is 0 Å². The van der Waals surface area contributed by atoms with E-state index in [0.717, 1.165) is 17.1 Å². The van der Waals surface area contributed by atoms with E-state index in [0.29, 0.717) is 0 Å². The van der Waals surface area contributed by atoms with Crippen molar-refractivity contribution in [3.63, 3.8) is 0 Å². The molecule has 0 unspecified atom stereocenters. The van der Waals surface area contributed by atoms with Crippen LogP contribution in [0.2, 0.25) is 0 Å². The molecule has 0 aliphatic heterocycles. The fourth-order valence-electron chi connectivity index (χ4n) is 9.04. The van der Waals surface area contributed by atoms with Crippen LogP contribution in [0.15, 0.2) is 212 Å². The molecule has 0 radical (unpaired) electrons. The molecule has 1 nitrogen and oxygen atoms in total. The highest BCUT2D eigenvalue weighted by Gasteiger charge is 2.37. The first-order valence-corrected chi connectivity index (χ1v) is 19.5. The summed E-state index contributed by atoms with van der Waals surface area (Å²) >= 11 is 0. The maximum Gasteiger partial charge on any atom is 0.0540 e. The van der Waals surface area contributed by atoms with Gasteiger partial charge >= 0.3 is 0 Å². The third-order valence-electron chi connectivity index (χ3n) is 11.7. The smallest absolute Gasteiger partial charge is 0.0540 e. The van der Waals surface area contributed by atoms with Crippen LogP contribution in [0.4, 0.5) is 17.1 Å². The van der Waals surface area contributed by atoms with Gasteiger partial charge in [0.05, 0.1) is 11.4 Å². The average Bonchev–Trinajstić information content (AvgIpc) is 3.50. The van der Waals surface area contributed by atoms with Crippen LogP contribution in [0.3, 0.4) is 0 Å². The predicted molar refractivity (Wildman–Crippen MR) is 238 cm³/mol. The van der Waals surface area contributed by atoms with E-state index in [-0.39, 0.29) is 5.41 Å². The van der Waals surface area contributed by atoms with Crippen molar-refractivity contribution in [1.82, 2.24) is 0 Å². The van der Waals surface area contributed by atoms with E-state index < -0.39 is 0 Å². The Morgan fingerprint density at radius 1 is 0.321 bits per heavy atom. The second kappa shape index (κ2) is 13.7. The van der Waals surface area contributed by atoms with Gasteiger partial charge in [-0.2, -0.15) is 0 Å². The number of rotatable bonds is 7. The van der Waals surface area contributed by atoms with Gasteiger partial charge in [0.15, 0.2) is 0 Å². The topological polar surface area (TPSA) is 3.24 Å². The average molecular weight is 716 g/mol. The monoisotopic (exact) mass is 715 g/mol. The summed E-state index contributed by atoms with van der Waals surface area (Å²) in [6.45, 7) is 4.72. The van der Waals surface area contributed by atoms with Gasteiger partial charge in [-0.15, -0.1) is 0 Å². The number of hydrogen-bond acceptors (Lipinski definition) is 1. The fourth-order valence-corrected chi connectivity index (χ4v) is 9.04. The third kappa shape index (κ3) is 5.55. The maximum atomic E-state index is 2.48. The zero-order valence-electron chi connectivity index (χ0n) is 31.7. The molecule has 0 atom stereocenters. The van der Waals surface area contributed by atoms with Gasteiger partial charge in [0.2, 0.25) is 0 Å². The number of para-hydroxylation sites is 2. The van der Waals surface area contributed by atoms with E-state index in [1.165, 1.54) is 77.5 Å². The van der Waals surface area contributed by atoms with Crippen molar-refractivity contribution in [2.45, 2.75) is 19.3 Å². The van der Waals surface area contributed by atoms with Gasteiger partial charge in [-0.05, 0) is 90.7 Å². The van der Waals surface area contributed by atoms with Crippen molar-refractivity contribution in [3.05, 3.63) is 223 Å². The van der Waals surface area contributed by atoms with E-state index in [9.17, 15) is 0 Å². The summed E-state index contributed by atoms with van der Waals surface area (Å²) in [5.41, 5.74) is 18.3. The molecule has 56 heavy (non-hydrogen) atoms. The molecule has 10 rings (SSSR count). The maximum absolute atomic E-state index is 2.48. The Bertz CT molecular complexity index is 2860. The summed E-state index contributed by atoms with van der Waals surface area (Å²) < 4.78 is 0. The first kappa shape index (κ1) is 33.6. The molecule has 0 aromatic heterocycles. The molecule has 0 N–H and O–H groups in total. The molecule has 9 aromatic carbocycles. The van der Waals surface area contributed by atoms with Crippen LogP contribution < -0.4 is 4.90 Å². The number of anilines is 3. The minimum absolute atomic E-state index is 0.0960. The summed E-state index contributed by atoms with van der Waals surface area (Å²) in [7, 11) is 0. The molecule has 0 saturated carbocycles. The van der Waals surface area contributed by atoms with Crippen LogP contribution >= 0.6 is 0 Å². The summed E-state index contributed by atoms with van der Waals surface area (Å²) in [6.07, 6.45) is 0. The Kier molecular flexibility index (Phi) is 8.23. The Morgan fingerprint density at radius 3 is 1.46 bits per heavy atom. The van der Waals surface area contributed by atoms with Crippen molar-refractivity contribution in [2.24, 2.45) is 0 Å². The van der Waals surface area contributed by atoms with Gasteiger partial charge in [0.25, 0.3) is 0 Å². The minimum atomic E-state index is -0.0960. The van der Waals surface area contributed by atoms with E-state index in [1.807, 2.05) is 0 Å². The number of nitrogens with zero attached hydrogens (tertiary/aromatic N) is 1. The summed E-state index contributed by atoms with van der Waals surface area (Å²) in [6, 6.07) is 77.6. The molecule has 9 aromatic rings. The van der Waals surface area contributed by atoms with Gasteiger partial charge in [-0.25, -0.2) is 0 Å². The molecule has 0 amide bonds. The highest BCUT2D eigenvalue weighted by atomic mass is 15.1. The Hall–Kier alpha value is -6.96. The quantitative estimate of drug-likeness (QED) is 0.159. The Morgan fingerprint density at radius 2 is 0.786 bits per heavy atom. The zero-order chi connectivity index (χ0) is 37.6. The lowest BCUT2D eigenvalue weighted by Crippen LogP contribution is -2.15. The number of benzene rings is 9. The molecular weight excluding hydrogens is 675 g/mol. The molecule has 1 aliphatic carbocycles. The zero-order valence-corrected chi connectivity index (χ0v) is 31.7. The first-order valence-electron chi connectivity index (χ1n) is 19.5. The Balaban J connectivity index is 1.23. The predicted octanol–water partition coefficient (Wildman–Crippen LogP) is 15.3. The van der Waals surface area contributed by atoms with Crippen LogP contribution in [-0.4, -0.2) is 0 Å². The summed E-state index contributed by atoms with van der Waals surface area (Å²) in [5.74, 6) is 0. The molecule has 0 heterocycles. The van der Waals surface area contributed by atoms with Gasteiger partial charge in [-0.3, -0.25) is 0 Å². The van der Waals surface area contributed by atoms with Crippen molar-refractivity contribution < 1.29 is 0 Å². The molecule has 266 valence electrons. The van der Waals surface area contributed by atoms with Gasteiger partial charge < -0.3 is 4.90 Å². The summed E-state index contributed by atoms with van der Waals surface area (Å²) in [5, 5.41) is 2.47. The Labute approximate surface area is 329 Å². The lowest BCUT2D eigenvalue weighted by molar-refractivity contribution is 0.660. The van der Waals surface area contributed by atoms with Crippen molar-refractivity contribution in [1.29, 1.82) is 0 Å². The SMILES string of the molecule is CC1(C)c2ccccc2-c2c(-c3ccccc3N(c3ccc(-c4ccccc4)cc3)c3ccccc3-c3cccc4cccc(-c5ccccc5)c34)cccc21. The van der Waals surface area contributed by atoms with Crippen LogP contribution in [0, 0.1) is 0 Å². The van der Waals surface area contributed by atoms with Crippen LogP contribution in [0.5, 0.6) is 0 Å². The summed E-state index contributed by atoms with van der Waals surface area (Å²) in [4.78, 5) is 2.48. The molecule has 0 spiro atoms. The molecular formula is C55H41N. The van der Waals surface area contributed by atoms with E-state index in [2.05, 4.69) is 231 Å². The lowest BCUT2D eigenvalue weighted by atomic mass is 9.82. The largest absolute Gasteiger partial charge is 0.309 e. The van der Waals surface area contributed by atoms with Crippen LogP contribution in [0.1, 0.15) is 25.0 Å². The van der Waals surface area contributed by atoms with Crippen molar-refractivity contribution in [3.8, 4) is 55.6 Å². The normalized spacial score (nSPS) is 12.6. The number of hydrogen-bond donors (Lipinski definition) is 0.